The first-order valence-corrected chi connectivity index (χ1v) is 8.61. The Kier molecular flexibility index (Phi) is 4.03. The standard InChI is InChI=1S/C21H19FN2O/c22-18-9-8-15(10-13-21(23)11-4-1-5-12-21)14-17(18)20-16-6-2-3-7-19(16)25-24-20/h2-3,6-9,14H,1,4-5,11-12,23H2. The third kappa shape index (κ3) is 3.16. The fourth-order valence-corrected chi connectivity index (χ4v) is 3.37. The minimum absolute atomic E-state index is 0.343. The van der Waals surface area contributed by atoms with Gasteiger partial charge in [0, 0.05) is 16.5 Å². The molecule has 1 fully saturated rings. The van der Waals surface area contributed by atoms with Crippen molar-refractivity contribution in [3.63, 3.8) is 0 Å². The van der Waals surface area contributed by atoms with Gasteiger partial charge in [-0.25, -0.2) is 4.39 Å². The van der Waals surface area contributed by atoms with Crippen molar-refractivity contribution < 1.29 is 8.91 Å². The number of fused-ring (bicyclic) bond motifs is 1. The summed E-state index contributed by atoms with van der Waals surface area (Å²) in [5.74, 6) is 5.99. The number of nitrogens with zero attached hydrogens (tertiary/aromatic N) is 1. The second kappa shape index (κ2) is 6.34. The van der Waals surface area contributed by atoms with Gasteiger partial charge in [-0.3, -0.25) is 0 Å². The number of benzene rings is 2. The minimum Gasteiger partial charge on any atom is -0.356 e. The maximum absolute atomic E-state index is 14.4. The van der Waals surface area contributed by atoms with E-state index in [2.05, 4.69) is 17.0 Å². The first-order valence-electron chi connectivity index (χ1n) is 8.61. The summed E-state index contributed by atoms with van der Waals surface area (Å²) < 4.78 is 19.7. The summed E-state index contributed by atoms with van der Waals surface area (Å²) in [6.07, 6.45) is 5.29. The highest BCUT2D eigenvalue weighted by atomic mass is 19.1. The quantitative estimate of drug-likeness (QED) is 0.659. The zero-order valence-corrected chi connectivity index (χ0v) is 13.9. The fraction of sp³-hybridized carbons (Fsp3) is 0.286. The molecular weight excluding hydrogens is 315 g/mol. The van der Waals surface area contributed by atoms with Crippen molar-refractivity contribution in [1.82, 2.24) is 5.16 Å². The highest BCUT2D eigenvalue weighted by Gasteiger charge is 2.24. The van der Waals surface area contributed by atoms with E-state index in [1.54, 1.807) is 12.1 Å². The molecule has 0 radical (unpaired) electrons. The average Bonchev–Trinajstić information content (AvgIpc) is 3.06. The molecule has 126 valence electrons. The molecule has 4 rings (SSSR count). The molecule has 2 N–H and O–H groups in total. The lowest BCUT2D eigenvalue weighted by Gasteiger charge is -2.27. The molecule has 1 heterocycles. The van der Waals surface area contributed by atoms with Crippen molar-refractivity contribution in [2.75, 3.05) is 0 Å². The van der Waals surface area contributed by atoms with Crippen LogP contribution in [-0.2, 0) is 0 Å². The Morgan fingerprint density at radius 3 is 2.72 bits per heavy atom. The zero-order chi connectivity index (χ0) is 17.3. The van der Waals surface area contributed by atoms with Crippen LogP contribution in [0.15, 0.2) is 47.0 Å². The van der Waals surface area contributed by atoms with Gasteiger partial charge in [0.05, 0.1) is 5.54 Å². The van der Waals surface area contributed by atoms with Gasteiger partial charge in [0.15, 0.2) is 5.58 Å². The van der Waals surface area contributed by atoms with Gasteiger partial charge >= 0.3 is 0 Å². The maximum Gasteiger partial charge on any atom is 0.167 e. The molecule has 0 saturated heterocycles. The van der Waals surface area contributed by atoms with Crippen LogP contribution >= 0.6 is 0 Å². The van der Waals surface area contributed by atoms with E-state index >= 15 is 0 Å². The molecule has 0 atom stereocenters. The van der Waals surface area contributed by atoms with Gasteiger partial charge in [-0.05, 0) is 43.2 Å². The Bertz CT molecular complexity index is 974. The third-order valence-corrected chi connectivity index (χ3v) is 4.80. The Morgan fingerprint density at radius 2 is 1.88 bits per heavy atom. The van der Waals surface area contributed by atoms with Crippen LogP contribution in [0.1, 0.15) is 37.7 Å². The van der Waals surface area contributed by atoms with Crippen molar-refractivity contribution >= 4 is 11.0 Å². The Balaban J connectivity index is 1.72. The molecule has 4 heteroatoms. The van der Waals surface area contributed by atoms with Crippen LogP contribution in [0.3, 0.4) is 0 Å². The highest BCUT2D eigenvalue weighted by molar-refractivity contribution is 5.91. The number of aromatic nitrogens is 1. The number of hydrogen-bond acceptors (Lipinski definition) is 3. The van der Waals surface area contributed by atoms with E-state index in [4.69, 9.17) is 10.3 Å². The lowest BCUT2D eigenvalue weighted by atomic mass is 9.83. The predicted molar refractivity (Wildman–Crippen MR) is 96.3 cm³/mol. The molecule has 1 aromatic heterocycles. The zero-order valence-electron chi connectivity index (χ0n) is 13.9. The monoisotopic (exact) mass is 334 g/mol. The summed E-state index contributed by atoms with van der Waals surface area (Å²) in [6, 6.07) is 12.3. The number of halogens is 1. The van der Waals surface area contributed by atoms with Crippen LogP contribution in [0.5, 0.6) is 0 Å². The molecule has 25 heavy (non-hydrogen) atoms. The van der Waals surface area contributed by atoms with Gasteiger partial charge in [0.1, 0.15) is 11.5 Å². The van der Waals surface area contributed by atoms with E-state index < -0.39 is 5.54 Å². The fourth-order valence-electron chi connectivity index (χ4n) is 3.37. The first-order chi connectivity index (χ1) is 12.1. The summed E-state index contributed by atoms with van der Waals surface area (Å²) in [4.78, 5) is 0. The topological polar surface area (TPSA) is 52.0 Å². The van der Waals surface area contributed by atoms with Gasteiger partial charge in [0.25, 0.3) is 0 Å². The largest absolute Gasteiger partial charge is 0.356 e. The third-order valence-electron chi connectivity index (χ3n) is 4.80. The molecule has 1 aliphatic rings. The lowest BCUT2D eigenvalue weighted by molar-refractivity contribution is 0.370. The van der Waals surface area contributed by atoms with Crippen LogP contribution in [-0.4, -0.2) is 10.7 Å². The number of para-hydroxylation sites is 1. The van der Waals surface area contributed by atoms with Crippen molar-refractivity contribution in [3.8, 4) is 23.1 Å². The van der Waals surface area contributed by atoms with Crippen molar-refractivity contribution in [3.05, 3.63) is 53.8 Å². The Hall–Kier alpha value is -2.64. The molecule has 0 bridgehead atoms. The van der Waals surface area contributed by atoms with E-state index in [9.17, 15) is 4.39 Å². The molecule has 1 aliphatic carbocycles. The molecule has 0 amide bonds. The predicted octanol–water partition coefficient (Wildman–Crippen LogP) is 4.65. The van der Waals surface area contributed by atoms with Gasteiger partial charge in [-0.1, -0.05) is 48.4 Å². The van der Waals surface area contributed by atoms with Gasteiger partial charge in [-0.2, -0.15) is 0 Å². The highest BCUT2D eigenvalue weighted by Crippen LogP contribution is 2.30. The Morgan fingerprint density at radius 1 is 1.08 bits per heavy atom. The first kappa shape index (κ1) is 15.9. The van der Waals surface area contributed by atoms with Crippen LogP contribution in [0, 0.1) is 17.7 Å². The number of rotatable bonds is 1. The van der Waals surface area contributed by atoms with E-state index in [1.165, 1.54) is 12.5 Å². The van der Waals surface area contributed by atoms with Gasteiger partial charge in [-0.15, -0.1) is 0 Å². The molecule has 3 nitrogen and oxygen atoms in total. The van der Waals surface area contributed by atoms with Crippen LogP contribution in [0.4, 0.5) is 4.39 Å². The van der Waals surface area contributed by atoms with E-state index in [1.807, 2.05) is 24.3 Å². The SMILES string of the molecule is NC1(C#Cc2ccc(F)c(-c3noc4ccccc34)c2)CCCCC1. The smallest absolute Gasteiger partial charge is 0.167 e. The van der Waals surface area contributed by atoms with Crippen LogP contribution in [0.25, 0.3) is 22.2 Å². The molecule has 0 spiro atoms. The van der Waals surface area contributed by atoms with E-state index in [-0.39, 0.29) is 5.82 Å². The Labute approximate surface area is 146 Å². The molecule has 2 aromatic carbocycles. The summed E-state index contributed by atoms with van der Waals surface area (Å²) >= 11 is 0. The molecule has 0 unspecified atom stereocenters. The van der Waals surface area contributed by atoms with Gasteiger partial charge in [0.2, 0.25) is 0 Å². The summed E-state index contributed by atoms with van der Waals surface area (Å²) in [5.41, 5.74) is 8.21. The second-order valence-corrected chi connectivity index (χ2v) is 6.69. The van der Waals surface area contributed by atoms with Crippen molar-refractivity contribution in [2.45, 2.75) is 37.6 Å². The maximum atomic E-state index is 14.4. The van der Waals surface area contributed by atoms with Crippen LogP contribution in [0.2, 0.25) is 0 Å². The van der Waals surface area contributed by atoms with E-state index in [0.29, 0.717) is 16.8 Å². The number of nitrogens with two attached hydrogens (primary N) is 1. The summed E-state index contributed by atoms with van der Waals surface area (Å²) in [6.45, 7) is 0. The van der Waals surface area contributed by atoms with E-state index in [0.717, 1.165) is 36.6 Å². The minimum atomic E-state index is -0.423. The summed E-state index contributed by atoms with van der Waals surface area (Å²) in [5, 5.41) is 4.83. The van der Waals surface area contributed by atoms with Gasteiger partial charge < -0.3 is 10.3 Å². The van der Waals surface area contributed by atoms with Crippen molar-refractivity contribution in [1.29, 1.82) is 0 Å². The second-order valence-electron chi connectivity index (χ2n) is 6.69. The van der Waals surface area contributed by atoms with Crippen molar-refractivity contribution in [2.24, 2.45) is 5.73 Å². The molecular formula is C21H19FN2O. The average molecular weight is 334 g/mol. The molecule has 3 aromatic rings. The van der Waals surface area contributed by atoms with Crippen LogP contribution < -0.4 is 5.73 Å². The number of hydrogen-bond donors (Lipinski definition) is 1. The normalized spacial score (nSPS) is 16.4. The molecule has 0 aliphatic heterocycles. The molecule has 1 saturated carbocycles. The summed E-state index contributed by atoms with van der Waals surface area (Å²) in [7, 11) is 0. The lowest BCUT2D eigenvalue weighted by Crippen LogP contribution is -2.40.